The Balaban J connectivity index is 2.18. The molecule has 0 radical (unpaired) electrons. The number of ether oxygens (including phenoxy) is 1. The highest BCUT2D eigenvalue weighted by atomic mass is 35.5. The smallest absolute Gasteiger partial charge is 0.330 e. The molecule has 3 rings (SSSR count). The lowest BCUT2D eigenvalue weighted by molar-refractivity contribution is -0.142. The molecule has 0 fully saturated rings. The number of hydrogen-bond acceptors (Lipinski definition) is 5. The molecule has 0 saturated carbocycles. The number of carbonyl (C=O) groups excluding carboxylic acids is 2. The molecular weight excluding hydrogens is 401 g/mol. The number of nitrogens with one attached hydrogen (secondary N) is 1. The van der Waals surface area contributed by atoms with Gasteiger partial charge in [0.05, 0.1) is 12.8 Å². The first-order valence-corrected chi connectivity index (χ1v) is 9.53. The molecule has 0 spiro atoms. The monoisotopic (exact) mass is 421 g/mol. The van der Waals surface area contributed by atoms with Crippen molar-refractivity contribution >= 4 is 40.8 Å². The van der Waals surface area contributed by atoms with Crippen LogP contribution in [-0.2, 0) is 20.9 Å². The number of hydrogen-bond donors (Lipinski definition) is 2. The van der Waals surface area contributed by atoms with E-state index in [1.807, 2.05) is 24.3 Å². The van der Waals surface area contributed by atoms with E-state index < -0.39 is 12.0 Å². The Bertz CT molecular complexity index is 902. The van der Waals surface area contributed by atoms with Crippen molar-refractivity contribution in [2.45, 2.75) is 31.8 Å². The second kappa shape index (κ2) is 8.39. The van der Waals surface area contributed by atoms with Crippen molar-refractivity contribution in [2.24, 2.45) is 5.73 Å². The number of hydrazine groups is 1. The second-order valence-corrected chi connectivity index (χ2v) is 7.47. The van der Waals surface area contributed by atoms with Gasteiger partial charge in [0.15, 0.2) is 0 Å². The minimum atomic E-state index is -0.727. The van der Waals surface area contributed by atoms with Gasteiger partial charge < -0.3 is 10.5 Å². The van der Waals surface area contributed by atoms with Crippen LogP contribution in [0.1, 0.15) is 36.0 Å². The number of anilines is 1. The molecule has 0 bridgehead atoms. The van der Waals surface area contributed by atoms with Crippen LogP contribution in [0.15, 0.2) is 36.4 Å². The summed E-state index contributed by atoms with van der Waals surface area (Å²) in [5.74, 6) is -0.957. The molecule has 0 saturated heterocycles. The maximum atomic E-state index is 12.5. The van der Waals surface area contributed by atoms with E-state index >= 15 is 0 Å². The average Bonchev–Trinajstić information content (AvgIpc) is 2.67. The molecule has 2 aromatic carbocycles. The van der Waals surface area contributed by atoms with Crippen molar-refractivity contribution in [1.29, 1.82) is 0 Å². The van der Waals surface area contributed by atoms with Crippen molar-refractivity contribution in [3.05, 3.63) is 63.1 Å². The molecule has 2 unspecified atom stereocenters. The van der Waals surface area contributed by atoms with E-state index in [9.17, 15) is 9.59 Å². The quantitative estimate of drug-likeness (QED) is 0.738. The number of benzene rings is 2. The minimum absolute atomic E-state index is 0.180. The third-order valence-electron chi connectivity index (χ3n) is 4.82. The van der Waals surface area contributed by atoms with E-state index in [0.29, 0.717) is 28.7 Å². The first-order chi connectivity index (χ1) is 13.3. The van der Waals surface area contributed by atoms with Crippen LogP contribution in [0.2, 0.25) is 10.0 Å². The van der Waals surface area contributed by atoms with Gasteiger partial charge in [0.1, 0.15) is 6.04 Å². The fraction of sp³-hybridized carbons (Fsp3) is 0.300. The number of nitrogens with zero attached hydrogens (tertiary/aromatic N) is 1. The maximum absolute atomic E-state index is 12.5. The Hall–Kier alpha value is -2.28. The maximum Gasteiger partial charge on any atom is 0.330 e. The van der Waals surface area contributed by atoms with Crippen LogP contribution in [0.4, 0.5) is 5.69 Å². The first-order valence-electron chi connectivity index (χ1n) is 8.77. The summed E-state index contributed by atoms with van der Waals surface area (Å²) in [4.78, 5) is 24.3. The van der Waals surface area contributed by atoms with E-state index in [4.69, 9.17) is 33.7 Å². The summed E-state index contributed by atoms with van der Waals surface area (Å²) in [5, 5.41) is 2.36. The topological polar surface area (TPSA) is 84.7 Å². The molecular formula is C20H21Cl2N3O3. The van der Waals surface area contributed by atoms with Crippen molar-refractivity contribution in [3.63, 3.8) is 0 Å². The first kappa shape index (κ1) is 20.5. The van der Waals surface area contributed by atoms with Gasteiger partial charge in [-0.1, -0.05) is 47.5 Å². The number of amides is 1. The number of halogens is 2. The van der Waals surface area contributed by atoms with Crippen molar-refractivity contribution < 1.29 is 14.3 Å². The molecule has 6 nitrogen and oxygen atoms in total. The number of carbonyl (C=O) groups is 2. The standard InChI is InChI=1S/C20H21Cl2N3O3/c1-11(26)24-25-17-8-14(21)7-16(22)19(17)15(9-18(25)20(27)28-2)13-5-3-12(10-23)4-6-13/h3-8,15,18H,9-10,23H2,1-2H3,(H,24,26). The number of fused-ring (bicyclic) bond motifs is 1. The number of esters is 1. The van der Waals surface area contributed by atoms with Gasteiger partial charge in [0.25, 0.3) is 0 Å². The third-order valence-corrected chi connectivity index (χ3v) is 5.35. The van der Waals surface area contributed by atoms with Gasteiger partial charge in [-0.3, -0.25) is 15.2 Å². The number of rotatable bonds is 4. The van der Waals surface area contributed by atoms with Crippen molar-refractivity contribution in [2.75, 3.05) is 12.1 Å². The molecule has 2 atom stereocenters. The van der Waals surface area contributed by atoms with Gasteiger partial charge in [-0.25, -0.2) is 4.79 Å². The zero-order chi connectivity index (χ0) is 20.4. The Kier molecular flexibility index (Phi) is 6.13. The Labute approximate surface area is 173 Å². The molecule has 1 aliphatic heterocycles. The molecule has 148 valence electrons. The molecule has 2 aromatic rings. The summed E-state index contributed by atoms with van der Waals surface area (Å²) in [5.41, 5.74) is 11.8. The van der Waals surface area contributed by atoms with Crippen molar-refractivity contribution in [1.82, 2.24) is 5.43 Å². The van der Waals surface area contributed by atoms with E-state index in [2.05, 4.69) is 5.43 Å². The Morgan fingerprint density at radius 2 is 1.93 bits per heavy atom. The lowest BCUT2D eigenvalue weighted by Gasteiger charge is -2.41. The van der Waals surface area contributed by atoms with Gasteiger partial charge in [-0.15, -0.1) is 0 Å². The van der Waals surface area contributed by atoms with E-state index in [-0.39, 0.29) is 11.8 Å². The average molecular weight is 422 g/mol. The van der Waals surface area contributed by atoms with Crippen LogP contribution in [0, 0.1) is 0 Å². The van der Waals surface area contributed by atoms with E-state index in [1.165, 1.54) is 19.0 Å². The summed E-state index contributed by atoms with van der Waals surface area (Å²) in [6.07, 6.45) is 0.378. The minimum Gasteiger partial charge on any atom is -0.467 e. The molecule has 1 heterocycles. The highest BCUT2D eigenvalue weighted by Gasteiger charge is 2.40. The molecule has 0 aromatic heterocycles. The van der Waals surface area contributed by atoms with Crippen LogP contribution in [0.3, 0.4) is 0 Å². The van der Waals surface area contributed by atoms with Crippen LogP contribution in [-0.4, -0.2) is 25.0 Å². The van der Waals surface area contributed by atoms with E-state index in [0.717, 1.165) is 16.7 Å². The molecule has 3 N–H and O–H groups in total. The van der Waals surface area contributed by atoms with Gasteiger partial charge >= 0.3 is 5.97 Å². The van der Waals surface area contributed by atoms with Gasteiger partial charge in [0.2, 0.25) is 5.91 Å². The van der Waals surface area contributed by atoms with Gasteiger partial charge in [0, 0.05) is 35.0 Å². The molecule has 0 aliphatic carbocycles. The lowest BCUT2D eigenvalue weighted by Crippen LogP contribution is -2.55. The Morgan fingerprint density at radius 3 is 2.50 bits per heavy atom. The van der Waals surface area contributed by atoms with Gasteiger partial charge in [-0.2, -0.15) is 0 Å². The molecule has 8 heteroatoms. The lowest BCUT2D eigenvalue weighted by atomic mass is 9.81. The fourth-order valence-corrected chi connectivity index (χ4v) is 4.18. The summed E-state index contributed by atoms with van der Waals surface area (Å²) in [6.45, 7) is 1.82. The summed E-state index contributed by atoms with van der Waals surface area (Å²) in [6, 6.07) is 10.5. The van der Waals surface area contributed by atoms with Crippen LogP contribution >= 0.6 is 23.2 Å². The van der Waals surface area contributed by atoms with Gasteiger partial charge in [-0.05, 0) is 29.7 Å². The normalized spacial score (nSPS) is 18.4. The third kappa shape index (κ3) is 3.94. The SMILES string of the molecule is COC(=O)C1CC(c2ccc(CN)cc2)c2c(Cl)cc(Cl)cc2N1NC(C)=O. The second-order valence-electron chi connectivity index (χ2n) is 6.63. The van der Waals surface area contributed by atoms with Crippen LogP contribution in [0.25, 0.3) is 0 Å². The number of methoxy groups -OCH3 is 1. The summed E-state index contributed by atoms with van der Waals surface area (Å²) >= 11 is 12.8. The van der Waals surface area contributed by atoms with E-state index in [1.54, 1.807) is 12.1 Å². The van der Waals surface area contributed by atoms with Crippen molar-refractivity contribution in [3.8, 4) is 0 Å². The fourth-order valence-electron chi connectivity index (χ4n) is 3.56. The summed E-state index contributed by atoms with van der Waals surface area (Å²) in [7, 11) is 1.32. The Morgan fingerprint density at radius 1 is 1.25 bits per heavy atom. The largest absolute Gasteiger partial charge is 0.467 e. The molecule has 1 amide bonds. The zero-order valence-electron chi connectivity index (χ0n) is 15.5. The summed E-state index contributed by atoms with van der Waals surface area (Å²) < 4.78 is 4.98. The predicted molar refractivity (Wildman–Crippen MR) is 109 cm³/mol. The van der Waals surface area contributed by atoms with Crippen LogP contribution < -0.4 is 16.2 Å². The predicted octanol–water partition coefficient (Wildman–Crippen LogP) is 3.39. The highest BCUT2D eigenvalue weighted by molar-refractivity contribution is 6.35. The number of nitrogens with two attached hydrogens (primary N) is 1. The molecule has 1 aliphatic rings. The highest BCUT2D eigenvalue weighted by Crippen LogP contribution is 2.46. The zero-order valence-corrected chi connectivity index (χ0v) is 17.1. The molecule has 28 heavy (non-hydrogen) atoms. The van der Waals surface area contributed by atoms with Crippen LogP contribution in [0.5, 0.6) is 0 Å².